The van der Waals surface area contributed by atoms with Crippen molar-refractivity contribution in [3.63, 3.8) is 0 Å². The van der Waals surface area contributed by atoms with Crippen LogP contribution in [0.4, 0.5) is 4.39 Å². The summed E-state index contributed by atoms with van der Waals surface area (Å²) in [4.78, 5) is 4.68. The summed E-state index contributed by atoms with van der Waals surface area (Å²) < 4.78 is 14.0. The number of nitrogens with zero attached hydrogens (tertiary/aromatic N) is 2. The lowest BCUT2D eigenvalue weighted by molar-refractivity contribution is 0.0895. The standard InChI is InChI=1S/C15H23ClFN3/c1-18-14(15-10-19(2)6-7-20(15)3)8-11-4-5-12(16)9-13(11)17/h4-5,9,14-15,18H,6-8,10H2,1-3H3. The van der Waals surface area contributed by atoms with E-state index in [4.69, 9.17) is 11.6 Å². The van der Waals surface area contributed by atoms with E-state index in [9.17, 15) is 4.39 Å². The van der Waals surface area contributed by atoms with Crippen LogP contribution in [0.25, 0.3) is 0 Å². The summed E-state index contributed by atoms with van der Waals surface area (Å²) in [6.07, 6.45) is 0.669. The maximum Gasteiger partial charge on any atom is 0.127 e. The van der Waals surface area contributed by atoms with E-state index in [0.717, 1.165) is 25.2 Å². The summed E-state index contributed by atoms with van der Waals surface area (Å²) in [5, 5.41) is 3.79. The van der Waals surface area contributed by atoms with Crippen LogP contribution in [0.3, 0.4) is 0 Å². The Labute approximate surface area is 125 Å². The van der Waals surface area contributed by atoms with Gasteiger partial charge in [-0.3, -0.25) is 4.90 Å². The zero-order chi connectivity index (χ0) is 14.7. The second kappa shape index (κ2) is 6.85. The Kier molecular flexibility index (Phi) is 5.38. The number of benzene rings is 1. The van der Waals surface area contributed by atoms with Crippen molar-refractivity contribution in [1.29, 1.82) is 0 Å². The molecule has 1 aromatic carbocycles. The number of hydrogen-bond acceptors (Lipinski definition) is 3. The number of nitrogens with one attached hydrogen (secondary N) is 1. The fraction of sp³-hybridized carbons (Fsp3) is 0.600. The largest absolute Gasteiger partial charge is 0.315 e. The maximum atomic E-state index is 14.0. The first-order valence-corrected chi connectivity index (χ1v) is 7.39. The quantitative estimate of drug-likeness (QED) is 0.915. The van der Waals surface area contributed by atoms with Gasteiger partial charge in [0.1, 0.15) is 5.82 Å². The van der Waals surface area contributed by atoms with Gasteiger partial charge in [0.25, 0.3) is 0 Å². The van der Waals surface area contributed by atoms with Crippen molar-refractivity contribution < 1.29 is 4.39 Å². The average molecular weight is 300 g/mol. The van der Waals surface area contributed by atoms with Crippen LogP contribution in [0, 0.1) is 5.82 Å². The zero-order valence-corrected chi connectivity index (χ0v) is 13.1. The third kappa shape index (κ3) is 3.70. The molecule has 0 bridgehead atoms. The van der Waals surface area contributed by atoms with Crippen molar-refractivity contribution in [2.45, 2.75) is 18.5 Å². The molecule has 0 aromatic heterocycles. The van der Waals surface area contributed by atoms with Gasteiger partial charge in [-0.2, -0.15) is 0 Å². The second-order valence-corrected chi connectivity index (χ2v) is 6.08. The van der Waals surface area contributed by atoms with Crippen LogP contribution in [-0.2, 0) is 6.42 Å². The minimum Gasteiger partial charge on any atom is -0.315 e. The van der Waals surface area contributed by atoms with Crippen molar-refractivity contribution in [2.24, 2.45) is 0 Å². The van der Waals surface area contributed by atoms with Crippen LogP contribution in [-0.4, -0.2) is 62.7 Å². The van der Waals surface area contributed by atoms with E-state index < -0.39 is 0 Å². The van der Waals surface area contributed by atoms with Gasteiger partial charge >= 0.3 is 0 Å². The monoisotopic (exact) mass is 299 g/mol. The summed E-state index contributed by atoms with van der Waals surface area (Å²) in [5.74, 6) is -0.218. The fourth-order valence-corrected chi connectivity index (χ4v) is 2.99. The molecule has 20 heavy (non-hydrogen) atoms. The number of hydrogen-bond donors (Lipinski definition) is 1. The lowest BCUT2D eigenvalue weighted by Crippen LogP contribution is -2.58. The lowest BCUT2D eigenvalue weighted by atomic mass is 9.96. The van der Waals surface area contributed by atoms with Gasteiger partial charge in [0.2, 0.25) is 0 Å². The third-order valence-corrected chi connectivity index (χ3v) is 4.42. The number of likely N-dealkylation sites (N-methyl/N-ethyl adjacent to an activating group) is 3. The molecule has 1 fully saturated rings. The molecule has 1 aliphatic rings. The first-order valence-electron chi connectivity index (χ1n) is 7.01. The molecule has 1 saturated heterocycles. The number of piperazine rings is 1. The molecule has 5 heteroatoms. The Bertz CT molecular complexity index is 455. The van der Waals surface area contributed by atoms with Crippen LogP contribution in [0.2, 0.25) is 5.02 Å². The van der Waals surface area contributed by atoms with Gasteiger partial charge in [-0.05, 0) is 45.3 Å². The molecule has 1 aliphatic heterocycles. The summed E-state index contributed by atoms with van der Waals surface area (Å²) in [6, 6.07) is 5.53. The first kappa shape index (κ1) is 15.7. The summed E-state index contributed by atoms with van der Waals surface area (Å²) >= 11 is 5.81. The van der Waals surface area contributed by atoms with E-state index in [2.05, 4.69) is 29.2 Å². The number of rotatable bonds is 4. The van der Waals surface area contributed by atoms with E-state index >= 15 is 0 Å². The Morgan fingerprint density at radius 3 is 2.80 bits per heavy atom. The van der Waals surface area contributed by atoms with Crippen LogP contribution in [0.5, 0.6) is 0 Å². The Hall–Kier alpha value is -0.680. The maximum absolute atomic E-state index is 14.0. The molecule has 0 spiro atoms. The zero-order valence-electron chi connectivity index (χ0n) is 12.4. The average Bonchev–Trinajstić information content (AvgIpc) is 2.41. The smallest absolute Gasteiger partial charge is 0.127 e. The van der Waals surface area contributed by atoms with Crippen molar-refractivity contribution in [3.05, 3.63) is 34.6 Å². The topological polar surface area (TPSA) is 18.5 Å². The Balaban J connectivity index is 2.11. The Morgan fingerprint density at radius 2 is 2.15 bits per heavy atom. The molecule has 1 heterocycles. The molecule has 112 valence electrons. The molecular weight excluding hydrogens is 277 g/mol. The van der Waals surface area contributed by atoms with Crippen LogP contribution in [0.1, 0.15) is 5.56 Å². The molecule has 3 nitrogen and oxygen atoms in total. The fourth-order valence-electron chi connectivity index (χ4n) is 2.83. The van der Waals surface area contributed by atoms with Crippen molar-refractivity contribution in [3.8, 4) is 0 Å². The minimum absolute atomic E-state index is 0.218. The minimum atomic E-state index is -0.218. The van der Waals surface area contributed by atoms with Gasteiger partial charge < -0.3 is 10.2 Å². The highest BCUT2D eigenvalue weighted by Crippen LogP contribution is 2.19. The highest BCUT2D eigenvalue weighted by molar-refractivity contribution is 6.30. The molecule has 2 atom stereocenters. The Morgan fingerprint density at radius 1 is 1.40 bits per heavy atom. The van der Waals surface area contributed by atoms with Crippen molar-refractivity contribution >= 4 is 11.6 Å². The van der Waals surface area contributed by atoms with Crippen LogP contribution < -0.4 is 5.32 Å². The van der Waals surface area contributed by atoms with E-state index in [-0.39, 0.29) is 11.9 Å². The van der Waals surface area contributed by atoms with E-state index in [0.29, 0.717) is 17.5 Å². The molecular formula is C15H23ClFN3. The SMILES string of the molecule is CNC(Cc1ccc(Cl)cc1F)C1CN(C)CCN1C. The van der Waals surface area contributed by atoms with E-state index in [1.807, 2.05) is 7.05 Å². The summed E-state index contributed by atoms with van der Waals surface area (Å²) in [7, 11) is 6.22. The summed E-state index contributed by atoms with van der Waals surface area (Å²) in [5.41, 5.74) is 0.718. The highest BCUT2D eigenvalue weighted by Gasteiger charge is 2.29. The van der Waals surface area contributed by atoms with Gasteiger partial charge in [-0.25, -0.2) is 4.39 Å². The molecule has 0 radical (unpaired) electrons. The molecule has 2 unspecified atom stereocenters. The molecule has 2 rings (SSSR count). The first-order chi connectivity index (χ1) is 9.51. The number of halogens is 2. The van der Waals surface area contributed by atoms with Gasteiger partial charge in [0.15, 0.2) is 0 Å². The molecule has 0 amide bonds. The molecule has 1 N–H and O–H groups in total. The van der Waals surface area contributed by atoms with Gasteiger partial charge in [-0.15, -0.1) is 0 Å². The molecule has 1 aromatic rings. The van der Waals surface area contributed by atoms with Crippen molar-refractivity contribution in [2.75, 3.05) is 40.8 Å². The summed E-state index contributed by atoms with van der Waals surface area (Å²) in [6.45, 7) is 3.12. The van der Waals surface area contributed by atoms with E-state index in [1.165, 1.54) is 6.07 Å². The third-order valence-electron chi connectivity index (χ3n) is 4.19. The van der Waals surface area contributed by atoms with Crippen LogP contribution in [0.15, 0.2) is 18.2 Å². The van der Waals surface area contributed by atoms with Gasteiger partial charge in [0.05, 0.1) is 0 Å². The van der Waals surface area contributed by atoms with E-state index in [1.54, 1.807) is 12.1 Å². The lowest BCUT2D eigenvalue weighted by Gasteiger charge is -2.42. The van der Waals surface area contributed by atoms with Gasteiger partial charge in [-0.1, -0.05) is 17.7 Å². The van der Waals surface area contributed by atoms with Gasteiger partial charge in [0, 0.05) is 36.7 Å². The van der Waals surface area contributed by atoms with Crippen molar-refractivity contribution in [1.82, 2.24) is 15.1 Å². The predicted octanol–water partition coefficient (Wildman–Crippen LogP) is 1.86. The highest BCUT2D eigenvalue weighted by atomic mass is 35.5. The molecule has 0 saturated carbocycles. The predicted molar refractivity (Wildman–Crippen MR) is 81.9 cm³/mol. The normalized spacial score (nSPS) is 22.9. The second-order valence-electron chi connectivity index (χ2n) is 5.65. The van der Waals surface area contributed by atoms with Crippen LogP contribution >= 0.6 is 11.6 Å². The molecule has 0 aliphatic carbocycles.